The number of aromatic nitrogens is 3. The van der Waals surface area contributed by atoms with E-state index >= 15 is 0 Å². The van der Waals surface area contributed by atoms with Crippen LogP contribution < -0.4 is 16.0 Å². The molecule has 4 aromatic rings. The Hall–Kier alpha value is -2.97. The maximum Gasteiger partial charge on any atom is 0.251 e. The fourth-order valence-corrected chi connectivity index (χ4v) is 5.05. The van der Waals surface area contributed by atoms with E-state index in [2.05, 4.69) is 33.6 Å². The average molecular weight is 435 g/mol. The predicted octanol–water partition coefficient (Wildman–Crippen LogP) is 3.43. The van der Waals surface area contributed by atoms with Crippen molar-refractivity contribution in [3.63, 3.8) is 0 Å². The third kappa shape index (κ3) is 3.77. The number of rotatable bonds is 4. The number of imidazole rings is 1. The molecule has 160 valence electrons. The number of nitrogens with zero attached hydrogens (tertiary/aromatic N) is 4. The van der Waals surface area contributed by atoms with Crippen LogP contribution in [0.1, 0.15) is 35.9 Å². The van der Waals surface area contributed by atoms with Crippen LogP contribution in [0.3, 0.4) is 0 Å². The van der Waals surface area contributed by atoms with Gasteiger partial charge < -0.3 is 20.5 Å². The van der Waals surface area contributed by atoms with Crippen molar-refractivity contribution in [3.05, 3.63) is 53.4 Å². The minimum atomic E-state index is -0.128. The summed E-state index contributed by atoms with van der Waals surface area (Å²) in [7, 11) is 1.91. The van der Waals surface area contributed by atoms with E-state index in [0.717, 1.165) is 48.5 Å². The van der Waals surface area contributed by atoms with Crippen LogP contribution in [0.15, 0.2) is 42.0 Å². The van der Waals surface area contributed by atoms with Crippen molar-refractivity contribution < 1.29 is 4.79 Å². The molecule has 8 heteroatoms. The number of fused-ring (bicyclic) bond motifs is 3. The second-order valence-electron chi connectivity index (χ2n) is 8.61. The zero-order chi connectivity index (χ0) is 21.6. The number of piperidine rings is 1. The van der Waals surface area contributed by atoms with Crippen LogP contribution in [-0.2, 0) is 13.6 Å². The number of anilines is 1. The highest BCUT2D eigenvalue weighted by atomic mass is 32.1. The highest BCUT2D eigenvalue weighted by Crippen LogP contribution is 2.37. The molecular weight excluding hydrogens is 408 g/mol. The predicted molar refractivity (Wildman–Crippen MR) is 126 cm³/mol. The van der Waals surface area contributed by atoms with Gasteiger partial charge in [-0.25, -0.2) is 9.97 Å². The second-order valence-corrected chi connectivity index (χ2v) is 9.52. The molecule has 1 fully saturated rings. The summed E-state index contributed by atoms with van der Waals surface area (Å²) in [6, 6.07) is 7.92. The van der Waals surface area contributed by atoms with Crippen molar-refractivity contribution in [2.45, 2.75) is 31.8 Å². The molecule has 1 aromatic carbocycles. The Morgan fingerprint density at radius 2 is 2.06 bits per heavy atom. The van der Waals surface area contributed by atoms with Gasteiger partial charge in [-0.2, -0.15) is 0 Å². The number of aryl methyl sites for hydroxylation is 1. The van der Waals surface area contributed by atoms with E-state index in [1.54, 1.807) is 17.5 Å². The molecule has 0 aliphatic carbocycles. The molecular formula is C23H26N6OS. The van der Waals surface area contributed by atoms with Gasteiger partial charge in [-0.05, 0) is 43.3 Å². The first-order valence-corrected chi connectivity index (χ1v) is 11.4. The lowest BCUT2D eigenvalue weighted by Crippen LogP contribution is -2.48. The fourth-order valence-electron chi connectivity index (χ4n) is 4.12. The van der Waals surface area contributed by atoms with Gasteiger partial charge in [0.15, 0.2) is 0 Å². The van der Waals surface area contributed by atoms with Crippen LogP contribution in [0.4, 0.5) is 5.82 Å². The quantitative estimate of drug-likeness (QED) is 0.514. The first kappa shape index (κ1) is 20.0. The van der Waals surface area contributed by atoms with Crippen LogP contribution in [0.2, 0.25) is 0 Å². The smallest absolute Gasteiger partial charge is 0.251 e. The minimum absolute atomic E-state index is 0.112. The zero-order valence-electron chi connectivity index (χ0n) is 17.8. The molecule has 0 radical (unpaired) electrons. The Balaban J connectivity index is 1.47. The highest BCUT2D eigenvalue weighted by Gasteiger charge is 2.28. The summed E-state index contributed by atoms with van der Waals surface area (Å²) < 4.78 is 3.11. The van der Waals surface area contributed by atoms with Gasteiger partial charge in [0.1, 0.15) is 11.6 Å². The molecule has 1 amide bonds. The van der Waals surface area contributed by atoms with E-state index in [1.165, 1.54) is 10.1 Å². The summed E-state index contributed by atoms with van der Waals surface area (Å²) in [5.41, 5.74) is 7.66. The van der Waals surface area contributed by atoms with Crippen LogP contribution >= 0.6 is 11.3 Å². The number of carbonyl (C=O) groups excluding carboxylic acids is 1. The Kier molecular flexibility index (Phi) is 4.91. The van der Waals surface area contributed by atoms with Gasteiger partial charge in [0, 0.05) is 59.1 Å². The van der Waals surface area contributed by atoms with Crippen LogP contribution in [-0.4, -0.2) is 39.1 Å². The van der Waals surface area contributed by atoms with Crippen molar-refractivity contribution in [2.75, 3.05) is 18.0 Å². The summed E-state index contributed by atoms with van der Waals surface area (Å²) in [6.45, 7) is 4.28. The molecule has 1 aliphatic heterocycles. The molecule has 0 bridgehead atoms. The molecule has 0 spiro atoms. The van der Waals surface area contributed by atoms with E-state index in [9.17, 15) is 4.79 Å². The molecule has 5 rings (SSSR count). The van der Waals surface area contributed by atoms with Crippen molar-refractivity contribution in [2.24, 2.45) is 12.8 Å². The lowest BCUT2D eigenvalue weighted by atomic mass is 9.91. The van der Waals surface area contributed by atoms with Crippen molar-refractivity contribution in [1.82, 2.24) is 19.9 Å². The number of carbonyl (C=O) groups is 1. The van der Waals surface area contributed by atoms with Gasteiger partial charge in [0.25, 0.3) is 5.91 Å². The maximum atomic E-state index is 12.8. The monoisotopic (exact) mass is 434 g/mol. The fraction of sp³-hybridized carbons (Fsp3) is 0.348. The number of benzene rings is 1. The van der Waals surface area contributed by atoms with Gasteiger partial charge in [-0.15, -0.1) is 11.3 Å². The number of amides is 1. The summed E-state index contributed by atoms with van der Waals surface area (Å²) in [5.74, 6) is 1.67. The van der Waals surface area contributed by atoms with E-state index in [-0.39, 0.29) is 11.4 Å². The highest BCUT2D eigenvalue weighted by molar-refractivity contribution is 7.18. The van der Waals surface area contributed by atoms with Gasteiger partial charge in [0.2, 0.25) is 0 Å². The molecule has 0 unspecified atom stereocenters. The lowest BCUT2D eigenvalue weighted by molar-refractivity contribution is 0.0949. The molecule has 0 saturated carbocycles. The lowest BCUT2D eigenvalue weighted by Gasteiger charge is -2.37. The molecule has 1 saturated heterocycles. The molecule has 31 heavy (non-hydrogen) atoms. The van der Waals surface area contributed by atoms with Gasteiger partial charge >= 0.3 is 0 Å². The third-order valence-electron chi connectivity index (χ3n) is 6.17. The first-order valence-electron chi connectivity index (χ1n) is 10.5. The summed E-state index contributed by atoms with van der Waals surface area (Å²) in [6.07, 6.45) is 5.47. The number of thiophene rings is 1. The van der Waals surface area contributed by atoms with E-state index in [0.29, 0.717) is 12.1 Å². The number of hydrogen-bond acceptors (Lipinski definition) is 6. The summed E-state index contributed by atoms with van der Waals surface area (Å²) in [4.78, 5) is 24.4. The second kappa shape index (κ2) is 7.62. The van der Waals surface area contributed by atoms with Gasteiger partial charge in [-0.3, -0.25) is 4.79 Å². The maximum absolute atomic E-state index is 12.8. The standard InChI is InChI=1S/C23H26N6OS/c1-23(24)6-9-29(10-7-23)21-17-5-12-31-20(17)16-4-3-15(13-18(16)27-21)22(30)26-14-19-25-8-11-28(19)2/h3-5,8,11-13H,6-7,9-10,14,24H2,1-2H3,(H,26,30). The molecule has 4 heterocycles. The van der Waals surface area contributed by atoms with E-state index < -0.39 is 0 Å². The van der Waals surface area contributed by atoms with Crippen LogP contribution in [0.25, 0.3) is 21.0 Å². The molecule has 1 aliphatic rings. The molecule has 3 N–H and O–H groups in total. The topological polar surface area (TPSA) is 89.1 Å². The normalized spacial score (nSPS) is 16.2. The number of nitrogens with two attached hydrogens (primary N) is 1. The zero-order valence-corrected chi connectivity index (χ0v) is 18.6. The largest absolute Gasteiger partial charge is 0.356 e. The van der Waals surface area contributed by atoms with Gasteiger partial charge in [0.05, 0.1) is 12.1 Å². The summed E-state index contributed by atoms with van der Waals surface area (Å²) in [5, 5.41) is 7.32. The van der Waals surface area contributed by atoms with Crippen molar-refractivity contribution >= 4 is 44.1 Å². The van der Waals surface area contributed by atoms with Crippen LogP contribution in [0.5, 0.6) is 0 Å². The summed E-state index contributed by atoms with van der Waals surface area (Å²) >= 11 is 1.72. The number of pyridine rings is 1. The first-order chi connectivity index (χ1) is 14.9. The molecule has 3 aromatic heterocycles. The van der Waals surface area contributed by atoms with Crippen LogP contribution in [0, 0.1) is 0 Å². The van der Waals surface area contributed by atoms with Gasteiger partial charge in [-0.1, -0.05) is 6.07 Å². The Morgan fingerprint density at radius 3 is 2.81 bits per heavy atom. The Morgan fingerprint density at radius 1 is 1.26 bits per heavy atom. The Labute approximate surface area is 184 Å². The third-order valence-corrected chi connectivity index (χ3v) is 7.12. The molecule has 0 atom stereocenters. The SMILES string of the molecule is Cn1ccnc1CNC(=O)c1ccc2c(c1)nc(N1CCC(C)(N)CC1)c1ccsc12. The minimum Gasteiger partial charge on any atom is -0.356 e. The van der Waals surface area contributed by atoms with E-state index in [4.69, 9.17) is 10.7 Å². The van der Waals surface area contributed by atoms with Crippen molar-refractivity contribution in [3.8, 4) is 0 Å². The average Bonchev–Trinajstić information content (AvgIpc) is 3.40. The number of hydrogen-bond donors (Lipinski definition) is 2. The van der Waals surface area contributed by atoms with E-state index in [1.807, 2.05) is 36.0 Å². The molecule has 7 nitrogen and oxygen atoms in total. The number of nitrogens with one attached hydrogen (secondary N) is 1. The Bertz CT molecular complexity index is 1260. The van der Waals surface area contributed by atoms with Crippen molar-refractivity contribution in [1.29, 1.82) is 0 Å².